The van der Waals surface area contributed by atoms with Crippen LogP contribution in [-0.4, -0.2) is 9.55 Å². The third-order valence-electron chi connectivity index (χ3n) is 4.90. The summed E-state index contributed by atoms with van der Waals surface area (Å²) in [5, 5.41) is 3.62. The quantitative estimate of drug-likeness (QED) is 0.451. The molecule has 138 valence electrons. The van der Waals surface area contributed by atoms with Crippen molar-refractivity contribution >= 4 is 34.3 Å². The fourth-order valence-electron chi connectivity index (χ4n) is 3.61. The summed E-state index contributed by atoms with van der Waals surface area (Å²) in [5.41, 5.74) is 3.51. The van der Waals surface area contributed by atoms with Gasteiger partial charge in [0, 0.05) is 16.3 Å². The molecule has 1 aromatic heterocycles. The summed E-state index contributed by atoms with van der Waals surface area (Å²) in [6, 6.07) is 17.9. The fourth-order valence-corrected chi connectivity index (χ4v) is 3.89. The molecule has 3 aromatic carbocycles. The van der Waals surface area contributed by atoms with E-state index < -0.39 is 11.9 Å². The Balaban J connectivity index is 1.77. The van der Waals surface area contributed by atoms with Crippen molar-refractivity contribution in [2.24, 2.45) is 0 Å². The van der Waals surface area contributed by atoms with Gasteiger partial charge in [-0.3, -0.25) is 4.57 Å². The second kappa shape index (κ2) is 6.46. The van der Waals surface area contributed by atoms with Gasteiger partial charge in [-0.25, -0.2) is 13.8 Å². The van der Waals surface area contributed by atoms with Crippen molar-refractivity contribution in [1.29, 1.82) is 0 Å². The first-order valence-electron chi connectivity index (χ1n) is 8.77. The summed E-state index contributed by atoms with van der Waals surface area (Å²) in [4.78, 5) is 4.65. The molecule has 5 rings (SSSR count). The molecule has 0 aliphatic carbocycles. The summed E-state index contributed by atoms with van der Waals surface area (Å²) in [7, 11) is 0. The minimum atomic E-state index is -0.502. The number of allylic oxidation sites excluding steroid dienone is 1. The number of fused-ring (bicyclic) bond motifs is 3. The Morgan fingerprint density at radius 2 is 1.71 bits per heavy atom. The lowest BCUT2D eigenvalue weighted by atomic mass is 10.0. The SMILES string of the molecule is Fc1ccc(C2=C[C@@H](c3c(F)cccc3Cl)n3c(nc4ccccc43)N2)cc1. The van der Waals surface area contributed by atoms with Gasteiger partial charge in [0.05, 0.1) is 17.1 Å². The van der Waals surface area contributed by atoms with Crippen LogP contribution in [0.2, 0.25) is 5.02 Å². The van der Waals surface area contributed by atoms with Crippen LogP contribution < -0.4 is 5.32 Å². The molecule has 0 saturated heterocycles. The molecule has 4 aromatic rings. The van der Waals surface area contributed by atoms with Gasteiger partial charge in [0.2, 0.25) is 5.95 Å². The summed E-state index contributed by atoms with van der Waals surface area (Å²) >= 11 is 6.39. The number of hydrogen-bond donors (Lipinski definition) is 1. The Kier molecular flexibility index (Phi) is 3.91. The zero-order valence-corrected chi connectivity index (χ0v) is 15.3. The highest BCUT2D eigenvalue weighted by molar-refractivity contribution is 6.31. The normalized spacial score (nSPS) is 15.8. The Bertz CT molecular complexity index is 1210. The van der Waals surface area contributed by atoms with Crippen LogP contribution in [0.15, 0.2) is 72.8 Å². The minimum Gasteiger partial charge on any atom is -0.325 e. The molecule has 1 aliphatic rings. The van der Waals surface area contributed by atoms with E-state index in [0.29, 0.717) is 22.2 Å². The molecular formula is C22H14ClF2N3. The van der Waals surface area contributed by atoms with Crippen molar-refractivity contribution in [2.45, 2.75) is 6.04 Å². The van der Waals surface area contributed by atoms with Crippen LogP contribution in [0.4, 0.5) is 14.7 Å². The van der Waals surface area contributed by atoms with Crippen LogP contribution in [-0.2, 0) is 0 Å². The largest absolute Gasteiger partial charge is 0.325 e. The fraction of sp³-hybridized carbons (Fsp3) is 0.0455. The van der Waals surface area contributed by atoms with Crippen molar-refractivity contribution in [2.75, 3.05) is 5.32 Å². The van der Waals surface area contributed by atoms with Crippen molar-refractivity contribution in [3.05, 3.63) is 101 Å². The van der Waals surface area contributed by atoms with E-state index in [1.54, 1.807) is 24.3 Å². The van der Waals surface area contributed by atoms with Crippen LogP contribution >= 0.6 is 11.6 Å². The molecule has 28 heavy (non-hydrogen) atoms. The second-order valence-electron chi connectivity index (χ2n) is 6.59. The van der Waals surface area contributed by atoms with E-state index >= 15 is 0 Å². The van der Waals surface area contributed by atoms with Gasteiger partial charge in [-0.2, -0.15) is 0 Å². The molecule has 0 saturated carbocycles. The molecule has 0 unspecified atom stereocenters. The van der Waals surface area contributed by atoms with Crippen LogP contribution in [0.1, 0.15) is 17.2 Å². The first-order chi connectivity index (χ1) is 13.6. The first-order valence-corrected chi connectivity index (χ1v) is 9.15. The van der Waals surface area contributed by atoms with Gasteiger partial charge in [0.25, 0.3) is 0 Å². The Morgan fingerprint density at radius 1 is 0.929 bits per heavy atom. The predicted molar refractivity (Wildman–Crippen MR) is 107 cm³/mol. The summed E-state index contributed by atoms with van der Waals surface area (Å²) < 4.78 is 30.1. The first kappa shape index (κ1) is 17.0. The number of halogens is 3. The Morgan fingerprint density at radius 3 is 2.50 bits per heavy atom. The number of nitrogens with one attached hydrogen (secondary N) is 1. The van der Waals surface area contributed by atoms with E-state index in [2.05, 4.69) is 10.3 Å². The number of anilines is 1. The summed E-state index contributed by atoms with van der Waals surface area (Å²) in [5.74, 6) is -0.133. The Hall–Kier alpha value is -3.18. The predicted octanol–water partition coefficient (Wildman–Crippen LogP) is 6.02. The van der Waals surface area contributed by atoms with E-state index in [0.717, 1.165) is 16.6 Å². The molecule has 0 bridgehead atoms. The lowest BCUT2D eigenvalue weighted by molar-refractivity contribution is 0.584. The average Bonchev–Trinajstić information content (AvgIpc) is 3.07. The number of imidazole rings is 1. The van der Waals surface area contributed by atoms with Crippen LogP contribution in [0.25, 0.3) is 16.7 Å². The van der Waals surface area contributed by atoms with E-state index in [1.165, 1.54) is 18.2 Å². The van der Waals surface area contributed by atoms with Gasteiger partial charge in [-0.1, -0.05) is 29.8 Å². The van der Waals surface area contributed by atoms with Crippen molar-refractivity contribution in [3.8, 4) is 0 Å². The molecule has 1 N–H and O–H groups in total. The van der Waals surface area contributed by atoms with Gasteiger partial charge < -0.3 is 5.32 Å². The number of nitrogens with zero attached hydrogens (tertiary/aromatic N) is 2. The zero-order chi connectivity index (χ0) is 19.3. The molecule has 0 fully saturated rings. The van der Waals surface area contributed by atoms with Crippen LogP contribution in [0.3, 0.4) is 0 Å². The van der Waals surface area contributed by atoms with E-state index in [9.17, 15) is 8.78 Å². The van der Waals surface area contributed by atoms with E-state index in [4.69, 9.17) is 11.6 Å². The van der Waals surface area contributed by atoms with Gasteiger partial charge in [0.15, 0.2) is 0 Å². The third kappa shape index (κ3) is 2.67. The highest BCUT2D eigenvalue weighted by Gasteiger charge is 2.28. The van der Waals surface area contributed by atoms with Crippen molar-refractivity contribution in [1.82, 2.24) is 9.55 Å². The molecule has 0 radical (unpaired) electrons. The maximum absolute atomic E-state index is 14.8. The van der Waals surface area contributed by atoms with E-state index in [1.807, 2.05) is 34.9 Å². The molecular weight excluding hydrogens is 380 g/mol. The maximum Gasteiger partial charge on any atom is 0.209 e. The smallest absolute Gasteiger partial charge is 0.209 e. The van der Waals surface area contributed by atoms with Gasteiger partial charge >= 0.3 is 0 Å². The number of rotatable bonds is 2. The van der Waals surface area contributed by atoms with Crippen LogP contribution in [0.5, 0.6) is 0 Å². The highest BCUT2D eigenvalue weighted by Crippen LogP contribution is 2.39. The molecule has 1 aliphatic heterocycles. The summed E-state index contributed by atoms with van der Waals surface area (Å²) in [6.07, 6.45) is 1.89. The maximum atomic E-state index is 14.8. The molecule has 6 heteroatoms. The number of hydrogen-bond acceptors (Lipinski definition) is 2. The second-order valence-corrected chi connectivity index (χ2v) is 6.99. The van der Waals surface area contributed by atoms with Crippen molar-refractivity contribution < 1.29 is 8.78 Å². The average molecular weight is 394 g/mol. The van der Waals surface area contributed by atoms with E-state index in [-0.39, 0.29) is 5.82 Å². The monoisotopic (exact) mass is 393 g/mol. The number of aromatic nitrogens is 2. The van der Waals surface area contributed by atoms with Gasteiger partial charge in [-0.15, -0.1) is 0 Å². The number of benzene rings is 3. The van der Waals surface area contributed by atoms with Crippen LogP contribution in [0, 0.1) is 11.6 Å². The molecule has 2 heterocycles. The van der Waals surface area contributed by atoms with Crippen molar-refractivity contribution in [3.63, 3.8) is 0 Å². The topological polar surface area (TPSA) is 29.9 Å². The molecule has 0 amide bonds. The Labute approximate surface area is 164 Å². The lowest BCUT2D eigenvalue weighted by Gasteiger charge is -2.27. The zero-order valence-electron chi connectivity index (χ0n) is 14.5. The molecule has 0 spiro atoms. The highest BCUT2D eigenvalue weighted by atomic mass is 35.5. The lowest BCUT2D eigenvalue weighted by Crippen LogP contribution is -2.20. The van der Waals surface area contributed by atoms with Gasteiger partial charge in [0.1, 0.15) is 11.6 Å². The molecule has 3 nitrogen and oxygen atoms in total. The molecule has 1 atom stereocenters. The third-order valence-corrected chi connectivity index (χ3v) is 5.23. The minimum absolute atomic E-state index is 0.318. The number of para-hydroxylation sites is 2. The summed E-state index contributed by atoms with van der Waals surface area (Å²) in [6.45, 7) is 0. The van der Waals surface area contributed by atoms with Gasteiger partial charge in [-0.05, 0) is 60.2 Å². The standard InChI is InChI=1S/C22H14ClF2N3/c23-15-4-3-5-16(25)21(15)20-12-18(13-8-10-14(24)11-9-13)27-22-26-17-6-1-2-7-19(17)28(20)22/h1-12,20H,(H,26,27)/t20-/m0/s1.